The molecule has 1 amide bonds. The predicted molar refractivity (Wildman–Crippen MR) is 112 cm³/mol. The Kier molecular flexibility index (Phi) is 6.30. The van der Waals surface area contributed by atoms with Crippen LogP contribution in [-0.4, -0.2) is 25.4 Å². The van der Waals surface area contributed by atoms with Crippen LogP contribution in [0.5, 0.6) is 0 Å². The van der Waals surface area contributed by atoms with Crippen molar-refractivity contribution in [2.45, 2.75) is 38.3 Å². The molecule has 0 aliphatic rings. The number of rotatable bonds is 7. The van der Waals surface area contributed by atoms with Crippen LogP contribution in [0.25, 0.3) is 10.2 Å². The summed E-state index contributed by atoms with van der Waals surface area (Å²) in [5, 5.41) is 3.56. The van der Waals surface area contributed by atoms with Gasteiger partial charge in [0.1, 0.15) is 11.9 Å². The molecule has 154 valence electrons. The number of aryl methyl sites for hydroxylation is 1. The molecule has 0 radical (unpaired) electrons. The van der Waals surface area contributed by atoms with E-state index < -0.39 is 22.0 Å². The molecule has 2 N–H and O–H groups in total. The fraction of sp³-hybridized carbons (Fsp3) is 0.300. The highest BCUT2D eigenvalue weighted by molar-refractivity contribution is 7.89. The van der Waals surface area contributed by atoms with Crippen LogP contribution in [0, 0.1) is 18.7 Å². The van der Waals surface area contributed by atoms with Crippen LogP contribution in [-0.2, 0) is 21.4 Å². The molecule has 1 unspecified atom stereocenters. The van der Waals surface area contributed by atoms with Gasteiger partial charge in [-0.2, -0.15) is 4.72 Å². The highest BCUT2D eigenvalue weighted by Crippen LogP contribution is 2.25. The standard InChI is InChI=1S/C20H22FN3O3S2/c1-12(2)19(20(25)22-11-14-4-6-15(21)7-5-14)24-29(26,27)16-8-9-17-18(10-16)28-13(3)23-17/h4-10,12,19,24H,11H2,1-3H3,(H,22,25). The summed E-state index contributed by atoms with van der Waals surface area (Å²) in [5.74, 6) is -1.07. The normalized spacial score (nSPS) is 13.0. The third-order valence-corrected chi connectivity index (χ3v) is 6.76. The number of benzene rings is 2. The van der Waals surface area contributed by atoms with Crippen molar-refractivity contribution in [1.82, 2.24) is 15.0 Å². The van der Waals surface area contributed by atoms with Crippen molar-refractivity contribution in [3.63, 3.8) is 0 Å². The monoisotopic (exact) mass is 435 g/mol. The van der Waals surface area contributed by atoms with Crippen molar-refractivity contribution >= 4 is 37.5 Å². The Morgan fingerprint density at radius 1 is 1.17 bits per heavy atom. The van der Waals surface area contributed by atoms with Crippen molar-refractivity contribution in [2.75, 3.05) is 0 Å². The molecule has 0 saturated carbocycles. The number of nitrogens with zero attached hydrogens (tertiary/aromatic N) is 1. The maximum absolute atomic E-state index is 13.0. The first-order chi connectivity index (χ1) is 13.7. The molecule has 1 atom stereocenters. The molecule has 0 aliphatic carbocycles. The molecule has 6 nitrogen and oxygen atoms in total. The summed E-state index contributed by atoms with van der Waals surface area (Å²) in [5.41, 5.74) is 1.46. The van der Waals surface area contributed by atoms with Gasteiger partial charge in [0, 0.05) is 6.54 Å². The van der Waals surface area contributed by atoms with Gasteiger partial charge in [-0.15, -0.1) is 11.3 Å². The summed E-state index contributed by atoms with van der Waals surface area (Å²) >= 11 is 1.41. The van der Waals surface area contributed by atoms with E-state index in [0.717, 1.165) is 20.8 Å². The van der Waals surface area contributed by atoms with Crippen LogP contribution >= 0.6 is 11.3 Å². The summed E-state index contributed by atoms with van der Waals surface area (Å²) in [6, 6.07) is 9.51. The number of aromatic nitrogens is 1. The molecule has 0 fully saturated rings. The predicted octanol–water partition coefficient (Wildman–Crippen LogP) is 3.36. The van der Waals surface area contributed by atoms with Crippen molar-refractivity contribution in [3.05, 3.63) is 58.9 Å². The number of amides is 1. The zero-order valence-corrected chi connectivity index (χ0v) is 17.9. The van der Waals surface area contributed by atoms with E-state index in [9.17, 15) is 17.6 Å². The molecule has 0 bridgehead atoms. The Bertz CT molecular complexity index is 1130. The number of nitrogens with one attached hydrogen (secondary N) is 2. The zero-order valence-electron chi connectivity index (χ0n) is 16.3. The average Bonchev–Trinajstić information content (AvgIpc) is 3.04. The molecule has 0 aliphatic heterocycles. The quantitative estimate of drug-likeness (QED) is 0.596. The number of carbonyl (C=O) groups excluding carboxylic acids is 1. The topological polar surface area (TPSA) is 88.2 Å². The smallest absolute Gasteiger partial charge is 0.241 e. The Balaban J connectivity index is 1.75. The molecule has 0 saturated heterocycles. The van der Waals surface area contributed by atoms with Gasteiger partial charge in [-0.3, -0.25) is 4.79 Å². The number of halogens is 1. The first kappa shape index (κ1) is 21.4. The van der Waals surface area contributed by atoms with Crippen molar-refractivity contribution < 1.29 is 17.6 Å². The van der Waals surface area contributed by atoms with E-state index in [-0.39, 0.29) is 23.2 Å². The SMILES string of the molecule is Cc1nc2ccc(S(=O)(=O)NC(C(=O)NCc3ccc(F)cc3)C(C)C)cc2s1. The molecule has 29 heavy (non-hydrogen) atoms. The van der Waals surface area contributed by atoms with Gasteiger partial charge in [0.05, 0.1) is 20.1 Å². The average molecular weight is 436 g/mol. The van der Waals surface area contributed by atoms with Gasteiger partial charge in [-0.25, -0.2) is 17.8 Å². The number of sulfonamides is 1. The minimum absolute atomic E-state index is 0.0886. The van der Waals surface area contributed by atoms with Crippen LogP contribution < -0.4 is 10.0 Å². The molecule has 3 rings (SSSR count). The summed E-state index contributed by atoms with van der Waals surface area (Å²) in [6.45, 7) is 5.56. The van der Waals surface area contributed by atoms with E-state index >= 15 is 0 Å². The Labute approximate surface area is 173 Å². The summed E-state index contributed by atoms with van der Waals surface area (Å²) < 4.78 is 42.0. The number of thiazole rings is 1. The van der Waals surface area contributed by atoms with Gasteiger partial charge >= 0.3 is 0 Å². The van der Waals surface area contributed by atoms with E-state index in [4.69, 9.17) is 0 Å². The van der Waals surface area contributed by atoms with E-state index in [0.29, 0.717) is 0 Å². The second-order valence-corrected chi connectivity index (χ2v) is 10.00. The van der Waals surface area contributed by atoms with Gasteiger partial charge in [-0.05, 0) is 48.7 Å². The highest BCUT2D eigenvalue weighted by atomic mass is 32.2. The molecule has 2 aromatic carbocycles. The van der Waals surface area contributed by atoms with Gasteiger partial charge < -0.3 is 5.32 Å². The number of hydrogen-bond acceptors (Lipinski definition) is 5. The maximum Gasteiger partial charge on any atom is 0.241 e. The van der Waals surface area contributed by atoms with Gasteiger partial charge in [0.15, 0.2) is 0 Å². The lowest BCUT2D eigenvalue weighted by atomic mass is 10.0. The molecule has 1 heterocycles. The van der Waals surface area contributed by atoms with Crippen molar-refractivity contribution in [3.8, 4) is 0 Å². The lowest BCUT2D eigenvalue weighted by Gasteiger charge is -2.21. The van der Waals surface area contributed by atoms with E-state index in [1.54, 1.807) is 38.1 Å². The van der Waals surface area contributed by atoms with E-state index in [1.165, 1.54) is 29.5 Å². The number of fused-ring (bicyclic) bond motifs is 1. The first-order valence-corrected chi connectivity index (χ1v) is 11.4. The summed E-state index contributed by atoms with van der Waals surface area (Å²) in [4.78, 5) is 17.0. The lowest BCUT2D eigenvalue weighted by Crippen LogP contribution is -2.49. The van der Waals surface area contributed by atoms with Crippen molar-refractivity contribution in [1.29, 1.82) is 0 Å². The third-order valence-electron chi connectivity index (χ3n) is 4.39. The van der Waals surface area contributed by atoms with Crippen LogP contribution in [0.1, 0.15) is 24.4 Å². The molecular formula is C20H22FN3O3S2. The van der Waals surface area contributed by atoms with Gasteiger partial charge in [0.2, 0.25) is 15.9 Å². The minimum Gasteiger partial charge on any atom is -0.351 e. The molecule has 1 aromatic heterocycles. The zero-order chi connectivity index (χ0) is 21.2. The fourth-order valence-corrected chi connectivity index (χ4v) is 5.13. The third kappa shape index (κ3) is 5.17. The molecular weight excluding hydrogens is 413 g/mol. The summed E-state index contributed by atoms with van der Waals surface area (Å²) in [7, 11) is -3.90. The first-order valence-electron chi connectivity index (χ1n) is 9.07. The Hall–Kier alpha value is -2.36. The van der Waals surface area contributed by atoms with Crippen molar-refractivity contribution in [2.24, 2.45) is 5.92 Å². The number of hydrogen-bond donors (Lipinski definition) is 2. The second-order valence-electron chi connectivity index (χ2n) is 7.05. The largest absolute Gasteiger partial charge is 0.351 e. The second kappa shape index (κ2) is 8.56. The van der Waals surface area contributed by atoms with Gasteiger partial charge in [-0.1, -0.05) is 26.0 Å². The lowest BCUT2D eigenvalue weighted by molar-refractivity contribution is -0.123. The van der Waals surface area contributed by atoms with Crippen LogP contribution in [0.3, 0.4) is 0 Å². The highest BCUT2D eigenvalue weighted by Gasteiger charge is 2.28. The Morgan fingerprint density at radius 3 is 2.52 bits per heavy atom. The van der Waals surface area contributed by atoms with E-state index in [2.05, 4.69) is 15.0 Å². The number of carbonyl (C=O) groups is 1. The van der Waals surface area contributed by atoms with Gasteiger partial charge in [0.25, 0.3) is 0 Å². The molecule has 0 spiro atoms. The van der Waals surface area contributed by atoms with Crippen LogP contribution in [0.15, 0.2) is 47.4 Å². The molecule has 9 heteroatoms. The summed E-state index contributed by atoms with van der Waals surface area (Å²) in [6.07, 6.45) is 0. The Morgan fingerprint density at radius 2 is 1.86 bits per heavy atom. The molecule has 3 aromatic rings. The minimum atomic E-state index is -3.90. The van der Waals surface area contributed by atoms with E-state index in [1.807, 2.05) is 6.92 Å². The van der Waals surface area contributed by atoms with Crippen LogP contribution in [0.4, 0.5) is 4.39 Å². The fourth-order valence-electron chi connectivity index (χ4n) is 2.82. The maximum atomic E-state index is 13.0. The van der Waals surface area contributed by atoms with Crippen LogP contribution in [0.2, 0.25) is 0 Å².